The Kier molecular flexibility index (Phi) is 5.10. The van der Waals surface area contributed by atoms with E-state index < -0.39 is 0 Å². The van der Waals surface area contributed by atoms with E-state index in [1.165, 1.54) is 6.54 Å². The van der Waals surface area contributed by atoms with E-state index in [1.54, 1.807) is 0 Å². The molecule has 2 rings (SSSR count). The summed E-state index contributed by atoms with van der Waals surface area (Å²) in [6.07, 6.45) is 3.70. The smallest absolute Gasteiger partial charge is 0.147 e. The highest BCUT2D eigenvalue weighted by Gasteiger charge is 2.18. The van der Waals surface area contributed by atoms with Crippen molar-refractivity contribution in [2.75, 3.05) is 44.7 Å². The zero-order valence-corrected chi connectivity index (χ0v) is 12.3. The van der Waals surface area contributed by atoms with Gasteiger partial charge in [0.1, 0.15) is 5.82 Å². The normalized spacial score (nSPS) is 17.2. The van der Waals surface area contributed by atoms with Crippen LogP contribution in [0.15, 0.2) is 12.4 Å². The maximum absolute atomic E-state index is 4.65. The van der Waals surface area contributed by atoms with Gasteiger partial charge in [-0.3, -0.25) is 9.88 Å². The third kappa shape index (κ3) is 4.14. The van der Waals surface area contributed by atoms with E-state index in [1.807, 2.05) is 19.4 Å². The summed E-state index contributed by atoms with van der Waals surface area (Å²) in [5.41, 5.74) is 1.00. The molecule has 0 aromatic carbocycles. The molecule has 0 atom stereocenters. The van der Waals surface area contributed by atoms with Gasteiger partial charge in [-0.15, -0.1) is 0 Å². The lowest BCUT2D eigenvalue weighted by molar-refractivity contribution is 0.231. The average molecular weight is 263 g/mol. The summed E-state index contributed by atoms with van der Waals surface area (Å²) < 4.78 is 0. The van der Waals surface area contributed by atoms with Gasteiger partial charge in [-0.05, 0) is 13.0 Å². The molecule has 0 spiro atoms. The van der Waals surface area contributed by atoms with Crippen molar-refractivity contribution in [2.24, 2.45) is 5.92 Å². The van der Waals surface area contributed by atoms with Gasteiger partial charge >= 0.3 is 0 Å². The summed E-state index contributed by atoms with van der Waals surface area (Å²) in [6, 6.07) is 0. The Bertz CT molecular complexity index is 385. The predicted molar refractivity (Wildman–Crippen MR) is 78.3 cm³/mol. The van der Waals surface area contributed by atoms with Crippen LogP contribution in [-0.4, -0.2) is 54.6 Å². The van der Waals surface area contributed by atoms with Gasteiger partial charge in [0.2, 0.25) is 0 Å². The summed E-state index contributed by atoms with van der Waals surface area (Å²) >= 11 is 0. The Labute approximate surface area is 116 Å². The third-order valence-corrected chi connectivity index (χ3v) is 3.35. The third-order valence-electron chi connectivity index (χ3n) is 3.35. The molecule has 5 nitrogen and oxygen atoms in total. The van der Waals surface area contributed by atoms with Crippen LogP contribution in [0.3, 0.4) is 0 Å². The van der Waals surface area contributed by atoms with Gasteiger partial charge in [-0.1, -0.05) is 13.8 Å². The van der Waals surface area contributed by atoms with Crippen molar-refractivity contribution in [3.63, 3.8) is 0 Å². The minimum Gasteiger partial charge on any atom is -0.353 e. The number of piperazine rings is 1. The zero-order chi connectivity index (χ0) is 13.7. The number of nitrogens with zero attached hydrogens (tertiary/aromatic N) is 4. The Hall–Kier alpha value is -1.20. The maximum atomic E-state index is 4.65. The van der Waals surface area contributed by atoms with Gasteiger partial charge in [-0.25, -0.2) is 4.98 Å². The predicted octanol–water partition coefficient (Wildman–Crippen LogP) is 0.974. The summed E-state index contributed by atoms with van der Waals surface area (Å²) in [4.78, 5) is 13.8. The molecule has 0 bridgehead atoms. The monoisotopic (exact) mass is 263 g/mol. The van der Waals surface area contributed by atoms with Gasteiger partial charge in [0.25, 0.3) is 0 Å². The fourth-order valence-corrected chi connectivity index (χ4v) is 2.49. The zero-order valence-electron chi connectivity index (χ0n) is 12.3. The quantitative estimate of drug-likeness (QED) is 0.858. The van der Waals surface area contributed by atoms with E-state index in [0.29, 0.717) is 0 Å². The molecule has 1 aromatic heterocycles. The number of hydrogen-bond donors (Lipinski definition) is 1. The molecule has 106 valence electrons. The van der Waals surface area contributed by atoms with Crippen LogP contribution in [0.4, 0.5) is 5.82 Å². The van der Waals surface area contributed by atoms with Crippen LogP contribution in [0, 0.1) is 5.92 Å². The molecule has 1 aliphatic rings. The molecular weight excluding hydrogens is 238 g/mol. The van der Waals surface area contributed by atoms with E-state index in [4.69, 9.17) is 0 Å². The minimum atomic E-state index is 0.741. The number of aromatic nitrogens is 2. The van der Waals surface area contributed by atoms with E-state index in [9.17, 15) is 0 Å². The Morgan fingerprint density at radius 3 is 2.58 bits per heavy atom. The van der Waals surface area contributed by atoms with Crippen molar-refractivity contribution >= 4 is 5.82 Å². The number of rotatable bonds is 5. The first-order valence-corrected chi connectivity index (χ1v) is 7.12. The second kappa shape index (κ2) is 6.82. The van der Waals surface area contributed by atoms with Crippen LogP contribution >= 0.6 is 0 Å². The van der Waals surface area contributed by atoms with Gasteiger partial charge < -0.3 is 10.2 Å². The number of anilines is 1. The van der Waals surface area contributed by atoms with Crippen molar-refractivity contribution in [1.82, 2.24) is 20.2 Å². The SMILES string of the molecule is CNCc1cncc(N2CCN(CC(C)C)CC2)n1. The standard InChI is InChI=1S/C14H25N5/c1-12(2)11-18-4-6-19(7-5-18)14-10-16-9-13(17-14)8-15-3/h9-10,12,15H,4-8,11H2,1-3H3. The summed E-state index contributed by atoms with van der Waals surface area (Å²) in [5, 5.41) is 3.11. The van der Waals surface area contributed by atoms with Crippen molar-refractivity contribution in [1.29, 1.82) is 0 Å². The van der Waals surface area contributed by atoms with Crippen LogP contribution in [0.25, 0.3) is 0 Å². The van der Waals surface area contributed by atoms with Crippen LogP contribution < -0.4 is 10.2 Å². The molecule has 1 fully saturated rings. The van der Waals surface area contributed by atoms with E-state index in [0.717, 1.165) is 50.2 Å². The highest BCUT2D eigenvalue weighted by atomic mass is 15.3. The molecule has 2 heterocycles. The first kappa shape index (κ1) is 14.2. The topological polar surface area (TPSA) is 44.3 Å². The fourth-order valence-electron chi connectivity index (χ4n) is 2.49. The van der Waals surface area contributed by atoms with Crippen molar-refractivity contribution < 1.29 is 0 Å². The molecule has 1 saturated heterocycles. The molecule has 1 N–H and O–H groups in total. The molecule has 1 aromatic rings. The molecule has 0 unspecified atom stereocenters. The molecule has 0 amide bonds. The molecule has 5 heteroatoms. The molecular formula is C14H25N5. The second-order valence-electron chi connectivity index (χ2n) is 5.58. The van der Waals surface area contributed by atoms with E-state index in [2.05, 4.69) is 38.9 Å². The molecule has 0 radical (unpaired) electrons. The summed E-state index contributed by atoms with van der Waals surface area (Å²) in [5.74, 6) is 1.75. The highest BCUT2D eigenvalue weighted by Crippen LogP contribution is 2.13. The Balaban J connectivity index is 1.92. The highest BCUT2D eigenvalue weighted by molar-refractivity contribution is 5.37. The van der Waals surface area contributed by atoms with Crippen molar-refractivity contribution in [2.45, 2.75) is 20.4 Å². The second-order valence-corrected chi connectivity index (χ2v) is 5.58. The first-order chi connectivity index (χ1) is 9.19. The minimum absolute atomic E-state index is 0.741. The Morgan fingerprint density at radius 2 is 1.95 bits per heavy atom. The Morgan fingerprint density at radius 1 is 1.21 bits per heavy atom. The van der Waals surface area contributed by atoms with E-state index >= 15 is 0 Å². The molecule has 19 heavy (non-hydrogen) atoms. The summed E-state index contributed by atoms with van der Waals surface area (Å²) in [7, 11) is 1.93. The van der Waals surface area contributed by atoms with Crippen LogP contribution in [0.1, 0.15) is 19.5 Å². The first-order valence-electron chi connectivity index (χ1n) is 7.12. The van der Waals surface area contributed by atoms with Crippen LogP contribution in [0.2, 0.25) is 0 Å². The van der Waals surface area contributed by atoms with Crippen LogP contribution in [-0.2, 0) is 6.54 Å². The molecule has 1 aliphatic heterocycles. The molecule has 0 aliphatic carbocycles. The number of nitrogens with one attached hydrogen (secondary N) is 1. The fraction of sp³-hybridized carbons (Fsp3) is 0.714. The van der Waals surface area contributed by atoms with Crippen LogP contribution in [0.5, 0.6) is 0 Å². The van der Waals surface area contributed by atoms with Gasteiger partial charge in [0.05, 0.1) is 11.9 Å². The number of hydrogen-bond acceptors (Lipinski definition) is 5. The van der Waals surface area contributed by atoms with Crippen molar-refractivity contribution in [3.05, 3.63) is 18.1 Å². The van der Waals surface area contributed by atoms with Crippen molar-refractivity contribution in [3.8, 4) is 0 Å². The average Bonchev–Trinajstić information content (AvgIpc) is 2.40. The lowest BCUT2D eigenvalue weighted by Gasteiger charge is -2.36. The van der Waals surface area contributed by atoms with Gasteiger partial charge in [0, 0.05) is 45.5 Å². The van der Waals surface area contributed by atoms with Gasteiger partial charge in [0.15, 0.2) is 0 Å². The molecule has 0 saturated carbocycles. The summed E-state index contributed by atoms with van der Waals surface area (Å²) in [6.45, 7) is 10.9. The lowest BCUT2D eigenvalue weighted by Crippen LogP contribution is -2.47. The maximum Gasteiger partial charge on any atom is 0.147 e. The largest absolute Gasteiger partial charge is 0.353 e. The van der Waals surface area contributed by atoms with E-state index in [-0.39, 0.29) is 0 Å². The van der Waals surface area contributed by atoms with Gasteiger partial charge in [-0.2, -0.15) is 0 Å². The lowest BCUT2D eigenvalue weighted by atomic mass is 10.2.